The molecule has 6 heteroatoms. The molecule has 0 aliphatic rings. The first kappa shape index (κ1) is 24.1. The topological polar surface area (TPSA) is 56.7 Å². The number of furan rings is 1. The van der Waals surface area contributed by atoms with E-state index in [1.807, 2.05) is 66.7 Å². The van der Waals surface area contributed by atoms with Crippen LogP contribution in [0.15, 0.2) is 138 Å². The van der Waals surface area contributed by atoms with Gasteiger partial charge in [-0.2, -0.15) is 0 Å². The third-order valence-corrected chi connectivity index (χ3v) is 9.04. The molecule has 9 aromatic rings. The zero-order chi connectivity index (χ0) is 28.3. The number of aromatic nitrogens is 4. The molecule has 43 heavy (non-hydrogen) atoms. The number of nitrogens with zero attached hydrogens (tertiary/aromatic N) is 4. The van der Waals surface area contributed by atoms with Crippen molar-refractivity contribution in [2.45, 2.75) is 0 Å². The maximum atomic E-state index is 6.77. The number of rotatable bonds is 4. The van der Waals surface area contributed by atoms with Crippen LogP contribution >= 0.6 is 11.3 Å². The Bertz CT molecular complexity index is 2380. The van der Waals surface area contributed by atoms with Crippen LogP contribution in [0.5, 0.6) is 0 Å². The fourth-order valence-corrected chi connectivity index (χ4v) is 7.04. The molecule has 0 spiro atoms. The van der Waals surface area contributed by atoms with Gasteiger partial charge >= 0.3 is 0 Å². The highest BCUT2D eigenvalue weighted by molar-refractivity contribution is 7.26. The molecule has 0 bridgehead atoms. The van der Waals surface area contributed by atoms with E-state index in [0.29, 0.717) is 17.5 Å². The molecule has 0 saturated heterocycles. The lowest BCUT2D eigenvalue weighted by Gasteiger charge is -2.08. The minimum Gasteiger partial charge on any atom is -0.438 e. The van der Waals surface area contributed by atoms with Crippen LogP contribution in [-0.4, -0.2) is 19.5 Å². The van der Waals surface area contributed by atoms with Crippen molar-refractivity contribution in [3.05, 3.63) is 133 Å². The van der Waals surface area contributed by atoms with Crippen molar-refractivity contribution in [1.29, 1.82) is 0 Å². The molecule has 0 aliphatic heterocycles. The maximum Gasteiger partial charge on any atom is 0.214 e. The fraction of sp³-hybridized carbons (Fsp3) is 0. The predicted molar refractivity (Wildman–Crippen MR) is 176 cm³/mol. The Balaban J connectivity index is 1.28. The van der Waals surface area contributed by atoms with E-state index >= 15 is 0 Å². The van der Waals surface area contributed by atoms with E-state index in [4.69, 9.17) is 19.4 Å². The Morgan fingerprint density at radius 1 is 0.535 bits per heavy atom. The molecule has 0 saturated carbocycles. The van der Waals surface area contributed by atoms with Crippen LogP contribution in [0.2, 0.25) is 0 Å². The first-order chi connectivity index (χ1) is 21.3. The lowest BCUT2D eigenvalue weighted by molar-refractivity contribution is 0.649. The van der Waals surface area contributed by atoms with E-state index in [-0.39, 0.29) is 0 Å². The lowest BCUT2D eigenvalue weighted by atomic mass is 10.1. The van der Waals surface area contributed by atoms with Gasteiger partial charge in [-0.25, -0.2) is 15.0 Å². The highest BCUT2D eigenvalue weighted by atomic mass is 32.1. The first-order valence-corrected chi connectivity index (χ1v) is 14.9. The van der Waals surface area contributed by atoms with Gasteiger partial charge < -0.3 is 4.42 Å². The molecule has 5 aromatic carbocycles. The quantitative estimate of drug-likeness (QED) is 0.211. The van der Waals surface area contributed by atoms with Gasteiger partial charge in [0, 0.05) is 37.9 Å². The zero-order valence-corrected chi connectivity index (χ0v) is 23.6. The van der Waals surface area contributed by atoms with Crippen molar-refractivity contribution in [2.24, 2.45) is 0 Å². The van der Waals surface area contributed by atoms with Gasteiger partial charge in [0.05, 0.1) is 15.6 Å². The SMILES string of the molecule is c1ccc(-c2nc(-c3ccccc3)nc(-c3ccc4sc5c(oc6c5c5ccccc5n6-c5ccccc5)c4c3)n2)cc1. The average Bonchev–Trinajstić information content (AvgIpc) is 3.72. The molecule has 4 aromatic heterocycles. The van der Waals surface area contributed by atoms with E-state index in [9.17, 15) is 0 Å². The number of benzene rings is 5. The molecule has 4 heterocycles. The third-order valence-electron chi connectivity index (χ3n) is 7.87. The Morgan fingerprint density at radius 2 is 1.12 bits per heavy atom. The molecular formula is C37H22N4OS. The molecule has 0 atom stereocenters. The highest BCUT2D eigenvalue weighted by Gasteiger charge is 2.23. The Hall–Kier alpha value is -5.59. The van der Waals surface area contributed by atoms with E-state index in [1.165, 1.54) is 5.39 Å². The van der Waals surface area contributed by atoms with E-state index in [1.54, 1.807) is 11.3 Å². The Labute approximate surface area is 250 Å². The zero-order valence-electron chi connectivity index (χ0n) is 22.8. The Morgan fingerprint density at radius 3 is 1.79 bits per heavy atom. The lowest BCUT2D eigenvalue weighted by Crippen LogP contribution is -2.00. The second kappa shape index (κ2) is 9.48. The largest absolute Gasteiger partial charge is 0.438 e. The highest BCUT2D eigenvalue weighted by Crippen LogP contribution is 2.46. The Kier molecular flexibility index (Phi) is 5.30. The molecule has 9 rings (SSSR count). The normalized spacial score (nSPS) is 11.7. The first-order valence-electron chi connectivity index (χ1n) is 14.1. The number of hydrogen-bond donors (Lipinski definition) is 0. The van der Waals surface area contributed by atoms with Gasteiger partial charge in [-0.1, -0.05) is 97.1 Å². The predicted octanol–water partition coefficient (Wildman–Crippen LogP) is 9.93. The summed E-state index contributed by atoms with van der Waals surface area (Å²) in [7, 11) is 0. The van der Waals surface area contributed by atoms with Crippen molar-refractivity contribution < 1.29 is 4.42 Å². The maximum absolute atomic E-state index is 6.77. The van der Waals surface area contributed by atoms with Gasteiger partial charge in [-0.3, -0.25) is 4.57 Å². The smallest absolute Gasteiger partial charge is 0.214 e. The average molecular weight is 571 g/mol. The summed E-state index contributed by atoms with van der Waals surface area (Å²) in [6.07, 6.45) is 0. The number of thiophene rings is 1. The molecular weight excluding hydrogens is 549 g/mol. The van der Waals surface area contributed by atoms with E-state index < -0.39 is 0 Å². The molecule has 0 fully saturated rings. The number of fused-ring (bicyclic) bond motifs is 7. The van der Waals surface area contributed by atoms with E-state index in [0.717, 1.165) is 59.4 Å². The van der Waals surface area contributed by atoms with Crippen LogP contribution in [0.1, 0.15) is 0 Å². The van der Waals surface area contributed by atoms with Crippen molar-refractivity contribution in [1.82, 2.24) is 19.5 Å². The molecule has 0 radical (unpaired) electrons. The van der Waals surface area contributed by atoms with Gasteiger partial charge in [-0.05, 0) is 36.4 Å². The van der Waals surface area contributed by atoms with Gasteiger partial charge in [-0.15, -0.1) is 11.3 Å². The van der Waals surface area contributed by atoms with E-state index in [2.05, 4.69) is 71.3 Å². The number of para-hydroxylation sites is 2. The van der Waals surface area contributed by atoms with Crippen LogP contribution < -0.4 is 0 Å². The van der Waals surface area contributed by atoms with Crippen molar-refractivity contribution in [2.75, 3.05) is 0 Å². The second-order valence-corrected chi connectivity index (χ2v) is 11.5. The van der Waals surface area contributed by atoms with Gasteiger partial charge in [0.1, 0.15) is 0 Å². The van der Waals surface area contributed by atoms with Crippen molar-refractivity contribution >= 4 is 53.7 Å². The van der Waals surface area contributed by atoms with Gasteiger partial charge in [0.25, 0.3) is 0 Å². The molecule has 0 aliphatic carbocycles. The van der Waals surface area contributed by atoms with Crippen LogP contribution in [-0.2, 0) is 0 Å². The van der Waals surface area contributed by atoms with Gasteiger partial charge in [0.2, 0.25) is 5.71 Å². The number of hydrogen-bond acceptors (Lipinski definition) is 5. The van der Waals surface area contributed by atoms with Crippen LogP contribution in [0.3, 0.4) is 0 Å². The summed E-state index contributed by atoms with van der Waals surface area (Å²) < 4.78 is 11.3. The molecule has 0 amide bonds. The third kappa shape index (κ3) is 3.81. The van der Waals surface area contributed by atoms with Crippen molar-refractivity contribution in [3.63, 3.8) is 0 Å². The summed E-state index contributed by atoms with van der Waals surface area (Å²) in [5.74, 6) is 1.92. The summed E-state index contributed by atoms with van der Waals surface area (Å²) >= 11 is 1.76. The summed E-state index contributed by atoms with van der Waals surface area (Å²) in [6, 6.07) is 45.4. The monoisotopic (exact) mass is 570 g/mol. The molecule has 202 valence electrons. The summed E-state index contributed by atoms with van der Waals surface area (Å²) in [4.78, 5) is 14.7. The summed E-state index contributed by atoms with van der Waals surface area (Å²) in [5, 5.41) is 3.39. The second-order valence-electron chi connectivity index (χ2n) is 10.5. The summed E-state index contributed by atoms with van der Waals surface area (Å²) in [5.41, 5.74) is 6.78. The minimum absolute atomic E-state index is 0.629. The van der Waals surface area contributed by atoms with Crippen LogP contribution in [0.25, 0.3) is 82.2 Å². The molecule has 0 unspecified atom stereocenters. The minimum atomic E-state index is 0.629. The van der Waals surface area contributed by atoms with Crippen molar-refractivity contribution in [3.8, 4) is 39.9 Å². The van der Waals surface area contributed by atoms with Crippen LogP contribution in [0.4, 0.5) is 0 Å². The standard InChI is InChI=1S/C37H22N4OS/c1-4-12-23(13-5-1)34-38-35(24-14-6-2-7-15-24)40-36(39-34)25-20-21-30-28(22-25)32-33(43-30)31-27-18-10-11-19-29(27)41(37(31)42-32)26-16-8-3-9-17-26/h1-22H. The van der Waals surface area contributed by atoms with Crippen LogP contribution in [0, 0.1) is 0 Å². The van der Waals surface area contributed by atoms with Gasteiger partial charge in [0.15, 0.2) is 23.1 Å². The fourth-order valence-electron chi connectivity index (χ4n) is 5.88. The molecule has 0 N–H and O–H groups in total. The molecule has 5 nitrogen and oxygen atoms in total. The summed E-state index contributed by atoms with van der Waals surface area (Å²) in [6.45, 7) is 0.